The molecule has 0 atom stereocenters. The predicted molar refractivity (Wildman–Crippen MR) is 102 cm³/mol. The van der Waals surface area contributed by atoms with Gasteiger partial charge in [-0.25, -0.2) is 8.78 Å². The van der Waals surface area contributed by atoms with Gasteiger partial charge in [0.25, 0.3) is 12.3 Å². The number of amides is 1. The Morgan fingerprint density at radius 2 is 1.97 bits per heavy atom. The summed E-state index contributed by atoms with van der Waals surface area (Å²) in [6, 6.07) is 3.17. The molecule has 0 radical (unpaired) electrons. The number of fused-ring (bicyclic) bond motifs is 1. The maximum Gasteiger partial charge on any atom is 0.408 e. The maximum absolute atomic E-state index is 12.9. The lowest BCUT2D eigenvalue weighted by atomic mass is 10.1. The number of aryl methyl sites for hydroxylation is 1. The summed E-state index contributed by atoms with van der Waals surface area (Å²) in [4.78, 5) is 22.7. The van der Waals surface area contributed by atoms with Gasteiger partial charge in [0.2, 0.25) is 0 Å². The van der Waals surface area contributed by atoms with Crippen molar-refractivity contribution in [3.05, 3.63) is 53.7 Å². The summed E-state index contributed by atoms with van der Waals surface area (Å²) >= 11 is 0. The Morgan fingerprint density at radius 3 is 2.69 bits per heavy atom. The molecule has 168 valence electrons. The molecule has 0 spiro atoms. The van der Waals surface area contributed by atoms with E-state index >= 15 is 0 Å². The fourth-order valence-corrected chi connectivity index (χ4v) is 3.42. The highest BCUT2D eigenvalue weighted by atomic mass is 19.4. The predicted octanol–water partition coefficient (Wildman–Crippen LogP) is 4.02. The second-order valence-electron chi connectivity index (χ2n) is 7.16. The van der Waals surface area contributed by atoms with Crippen molar-refractivity contribution in [2.24, 2.45) is 0 Å². The van der Waals surface area contributed by atoms with Crippen molar-refractivity contribution in [2.45, 2.75) is 32.6 Å². The molecule has 1 amide bonds. The number of aromatic nitrogens is 4. The van der Waals surface area contributed by atoms with Crippen molar-refractivity contribution in [1.29, 1.82) is 0 Å². The van der Waals surface area contributed by atoms with Crippen molar-refractivity contribution in [2.75, 3.05) is 11.5 Å². The van der Waals surface area contributed by atoms with Gasteiger partial charge < -0.3 is 4.74 Å². The number of nitrogens with zero attached hydrogens (tertiary/aromatic N) is 5. The van der Waals surface area contributed by atoms with Gasteiger partial charge in [-0.2, -0.15) is 18.3 Å². The number of hydrogen-bond acceptors (Lipinski definition) is 5. The van der Waals surface area contributed by atoms with Crippen LogP contribution in [0.5, 0.6) is 5.75 Å². The van der Waals surface area contributed by atoms with Crippen LogP contribution in [0.2, 0.25) is 0 Å². The molecule has 1 aliphatic heterocycles. The number of carbonyl (C=O) groups is 1. The SMILES string of the molecule is Cc1cc(-c2cncc(OCC(F)F)c2)nc2c1C(=O)N(c1cnn(CC(F)(F)F)c1)C2. The highest BCUT2D eigenvalue weighted by Crippen LogP contribution is 2.32. The number of rotatable bonds is 6. The summed E-state index contributed by atoms with van der Waals surface area (Å²) < 4.78 is 68.3. The average molecular weight is 453 g/mol. The van der Waals surface area contributed by atoms with Crippen molar-refractivity contribution >= 4 is 11.6 Å². The quantitative estimate of drug-likeness (QED) is 0.528. The van der Waals surface area contributed by atoms with Crippen molar-refractivity contribution in [3.63, 3.8) is 0 Å². The van der Waals surface area contributed by atoms with Gasteiger partial charge in [-0.15, -0.1) is 0 Å². The fourth-order valence-electron chi connectivity index (χ4n) is 3.42. The molecule has 7 nitrogen and oxygen atoms in total. The van der Waals surface area contributed by atoms with Crippen molar-refractivity contribution in [1.82, 2.24) is 19.7 Å². The van der Waals surface area contributed by atoms with Gasteiger partial charge in [0.1, 0.15) is 18.9 Å². The van der Waals surface area contributed by atoms with Crippen LogP contribution in [0, 0.1) is 6.92 Å². The molecule has 0 N–H and O–H groups in total. The first-order valence-electron chi connectivity index (χ1n) is 9.38. The van der Waals surface area contributed by atoms with Crippen molar-refractivity contribution in [3.8, 4) is 17.0 Å². The second-order valence-corrected chi connectivity index (χ2v) is 7.16. The topological polar surface area (TPSA) is 73.1 Å². The maximum atomic E-state index is 12.9. The molecule has 4 rings (SSSR count). The second kappa shape index (κ2) is 8.17. The van der Waals surface area contributed by atoms with E-state index in [1.54, 1.807) is 13.0 Å². The number of hydrogen-bond donors (Lipinski definition) is 0. The third-order valence-corrected chi connectivity index (χ3v) is 4.72. The Bertz CT molecular complexity index is 1160. The molecule has 0 fully saturated rings. The molecule has 4 heterocycles. The number of halogens is 5. The molecule has 0 saturated heterocycles. The zero-order valence-electron chi connectivity index (χ0n) is 16.6. The minimum absolute atomic E-state index is 0.0512. The molecule has 0 bridgehead atoms. The summed E-state index contributed by atoms with van der Waals surface area (Å²) in [7, 11) is 0. The van der Waals surface area contributed by atoms with Crippen LogP contribution in [0.1, 0.15) is 21.6 Å². The number of pyridine rings is 2. The summed E-state index contributed by atoms with van der Waals surface area (Å²) in [5, 5.41) is 3.68. The van der Waals surface area contributed by atoms with E-state index in [4.69, 9.17) is 4.74 Å². The zero-order valence-corrected chi connectivity index (χ0v) is 16.6. The van der Waals surface area contributed by atoms with Crippen LogP contribution in [0.4, 0.5) is 27.6 Å². The average Bonchev–Trinajstić information content (AvgIpc) is 3.29. The van der Waals surface area contributed by atoms with E-state index in [-0.39, 0.29) is 18.0 Å². The summed E-state index contributed by atoms with van der Waals surface area (Å²) in [6.07, 6.45) is -1.93. The third-order valence-electron chi connectivity index (χ3n) is 4.72. The lowest BCUT2D eigenvalue weighted by molar-refractivity contribution is -0.142. The van der Waals surface area contributed by atoms with Crippen LogP contribution in [0.15, 0.2) is 36.9 Å². The van der Waals surface area contributed by atoms with Gasteiger partial charge in [0, 0.05) is 18.0 Å². The van der Waals surface area contributed by atoms with Gasteiger partial charge in [0.05, 0.1) is 41.6 Å². The van der Waals surface area contributed by atoms with Crippen LogP contribution in [0.3, 0.4) is 0 Å². The number of ether oxygens (including phenoxy) is 1. The first-order valence-corrected chi connectivity index (χ1v) is 9.38. The third kappa shape index (κ3) is 4.53. The Kier molecular flexibility index (Phi) is 5.53. The molecule has 3 aromatic heterocycles. The first kappa shape index (κ1) is 21.7. The molecule has 0 aliphatic carbocycles. The van der Waals surface area contributed by atoms with Gasteiger partial charge in [-0.3, -0.25) is 24.3 Å². The number of alkyl halides is 5. The largest absolute Gasteiger partial charge is 0.486 e. The van der Waals surface area contributed by atoms with Gasteiger partial charge in [-0.05, 0) is 24.6 Å². The minimum Gasteiger partial charge on any atom is -0.486 e. The van der Waals surface area contributed by atoms with Crippen LogP contribution < -0.4 is 9.64 Å². The zero-order chi connectivity index (χ0) is 23.0. The van der Waals surface area contributed by atoms with Crippen LogP contribution in [0.25, 0.3) is 11.3 Å². The van der Waals surface area contributed by atoms with Gasteiger partial charge in [-0.1, -0.05) is 0 Å². The summed E-state index contributed by atoms with van der Waals surface area (Å²) in [5.74, 6) is -0.243. The van der Waals surface area contributed by atoms with Crippen LogP contribution in [-0.4, -0.2) is 44.9 Å². The van der Waals surface area contributed by atoms with E-state index in [1.807, 2.05) is 0 Å². The molecular weight excluding hydrogens is 437 g/mol. The van der Waals surface area contributed by atoms with Gasteiger partial charge in [0.15, 0.2) is 0 Å². The molecule has 0 saturated carbocycles. The summed E-state index contributed by atoms with van der Waals surface area (Å²) in [5.41, 5.74) is 2.59. The smallest absolute Gasteiger partial charge is 0.408 e. The molecule has 1 aliphatic rings. The molecule has 32 heavy (non-hydrogen) atoms. The van der Waals surface area contributed by atoms with Crippen LogP contribution >= 0.6 is 0 Å². The Balaban J connectivity index is 1.60. The normalized spacial score (nSPS) is 13.7. The van der Waals surface area contributed by atoms with E-state index < -0.39 is 31.7 Å². The van der Waals surface area contributed by atoms with E-state index in [2.05, 4.69) is 15.1 Å². The highest BCUT2D eigenvalue weighted by molar-refractivity contribution is 6.10. The molecule has 3 aromatic rings. The molecular formula is C20H16F5N5O2. The van der Waals surface area contributed by atoms with E-state index in [0.29, 0.717) is 32.8 Å². The molecule has 0 aromatic carbocycles. The van der Waals surface area contributed by atoms with E-state index in [9.17, 15) is 26.7 Å². The number of anilines is 1. The van der Waals surface area contributed by atoms with Gasteiger partial charge >= 0.3 is 6.18 Å². The van der Waals surface area contributed by atoms with Crippen molar-refractivity contribution < 1.29 is 31.5 Å². The summed E-state index contributed by atoms with van der Waals surface area (Å²) in [6.45, 7) is -0.272. The standard InChI is InChI=1S/C20H16F5N5O2/c1-11-2-15(12-3-14(6-26-4-12)32-9-17(21)22)28-16-8-30(19(31)18(11)16)13-5-27-29(7-13)10-20(23,24)25/h2-7,17H,8-10H2,1H3. The van der Waals surface area contributed by atoms with E-state index in [0.717, 1.165) is 6.20 Å². The molecule has 0 unspecified atom stereocenters. The number of carbonyl (C=O) groups excluding carboxylic acids is 1. The molecule has 12 heteroatoms. The minimum atomic E-state index is -4.43. The Morgan fingerprint density at radius 1 is 1.19 bits per heavy atom. The first-order chi connectivity index (χ1) is 15.1. The van der Waals surface area contributed by atoms with E-state index in [1.165, 1.54) is 29.6 Å². The Labute approximate surface area is 178 Å². The lowest BCUT2D eigenvalue weighted by Gasteiger charge is -2.12. The monoisotopic (exact) mass is 453 g/mol. The lowest BCUT2D eigenvalue weighted by Crippen LogP contribution is -2.23. The Hall–Kier alpha value is -3.57. The highest BCUT2D eigenvalue weighted by Gasteiger charge is 2.34. The van der Waals surface area contributed by atoms with Crippen LogP contribution in [-0.2, 0) is 13.1 Å². The fraction of sp³-hybridized carbons (Fsp3) is 0.300.